The van der Waals surface area contributed by atoms with Gasteiger partial charge in [0.25, 0.3) is 0 Å². The van der Waals surface area contributed by atoms with Gasteiger partial charge in [0, 0.05) is 26.4 Å². The molecular weight excluding hydrogens is 250 g/mol. The first-order chi connectivity index (χ1) is 6.72. The molecule has 4 heteroatoms. The Balaban J connectivity index is 2.01. The molecule has 0 radical (unpaired) electrons. The van der Waals surface area contributed by atoms with Gasteiger partial charge in [0.05, 0.1) is 0 Å². The third-order valence-corrected chi connectivity index (χ3v) is 5.05. The summed E-state index contributed by atoms with van der Waals surface area (Å²) in [4.78, 5) is 0. The Labute approximate surface area is 100.0 Å². The van der Waals surface area contributed by atoms with Gasteiger partial charge in [-0.05, 0) is 6.37 Å². The summed E-state index contributed by atoms with van der Waals surface area (Å²) in [6, 6.07) is 0. The van der Waals surface area contributed by atoms with E-state index in [0.29, 0.717) is 0 Å². The lowest BCUT2D eigenvalue weighted by molar-refractivity contribution is 0.614. The van der Waals surface area contributed by atoms with E-state index in [4.69, 9.17) is 49.1 Å². The van der Waals surface area contributed by atoms with Crippen LogP contribution >= 0.6 is 46.4 Å². The molecule has 0 spiro atoms. The first-order valence-electron chi connectivity index (χ1n) is 5.15. The summed E-state index contributed by atoms with van der Waals surface area (Å²) in [5.41, 5.74) is 0. The highest BCUT2D eigenvalue weighted by Gasteiger charge is 2.71. The van der Waals surface area contributed by atoms with Crippen LogP contribution in [0.4, 0.5) is 0 Å². The minimum atomic E-state index is -1.49. The molecule has 3 aliphatic rings. The van der Waals surface area contributed by atoms with E-state index in [2.05, 4.69) is 0 Å². The maximum atomic E-state index is 8.06. The largest absolute Gasteiger partial charge is 0.128 e. The highest BCUT2D eigenvalue weighted by Crippen LogP contribution is 2.72. The predicted molar refractivity (Wildman–Crippen MR) is 56.6 cm³/mol. The van der Waals surface area contributed by atoms with Crippen molar-refractivity contribution in [1.82, 2.24) is 0 Å². The number of halogens is 4. The van der Waals surface area contributed by atoms with E-state index in [-0.39, 0.29) is 23.7 Å². The summed E-state index contributed by atoms with van der Waals surface area (Å²) in [5.74, 6) is -0.988. The zero-order chi connectivity index (χ0) is 11.2. The van der Waals surface area contributed by atoms with Crippen LogP contribution in [0, 0.1) is 23.7 Å². The Morgan fingerprint density at radius 2 is 1.38 bits per heavy atom. The van der Waals surface area contributed by atoms with Crippen molar-refractivity contribution in [3.63, 3.8) is 0 Å². The predicted octanol–water partition coefficient (Wildman–Crippen LogP) is 3.79. The molecule has 3 aliphatic carbocycles. The summed E-state index contributed by atoms with van der Waals surface area (Å²) in [5, 5.41) is 0. The second-order valence-electron chi connectivity index (χ2n) is 3.91. The molecule has 0 aromatic rings. The van der Waals surface area contributed by atoms with Gasteiger partial charge in [0.2, 0.25) is 0 Å². The molecule has 0 aromatic carbocycles. The Hall–Kier alpha value is 0.900. The van der Waals surface area contributed by atoms with E-state index >= 15 is 0 Å². The van der Waals surface area contributed by atoms with Crippen LogP contribution in [0.15, 0.2) is 12.2 Å². The van der Waals surface area contributed by atoms with Gasteiger partial charge < -0.3 is 0 Å². The van der Waals surface area contributed by atoms with Crippen molar-refractivity contribution in [3.8, 4) is 0 Å². The molecule has 0 bridgehead atoms. The number of alkyl halides is 4. The van der Waals surface area contributed by atoms with Gasteiger partial charge in [0.1, 0.15) is 8.67 Å². The van der Waals surface area contributed by atoms with Crippen molar-refractivity contribution in [2.75, 3.05) is 0 Å². The molecular formula is C9H8Cl4. The fourth-order valence-electron chi connectivity index (χ4n) is 2.04. The zero-order valence-electron chi connectivity index (χ0n) is 8.48. The molecule has 0 N–H and O–H groups in total. The fourth-order valence-corrected chi connectivity index (χ4v) is 3.38. The van der Waals surface area contributed by atoms with Crippen molar-refractivity contribution in [2.45, 2.75) is 15.0 Å². The second kappa shape index (κ2) is 2.35. The van der Waals surface area contributed by atoms with Crippen molar-refractivity contribution >= 4 is 46.4 Å². The Morgan fingerprint density at radius 3 is 1.77 bits per heavy atom. The van der Waals surface area contributed by atoms with Crippen LogP contribution in [-0.2, 0) is 0 Å². The minimum Gasteiger partial charge on any atom is -0.101 e. The smallest absolute Gasteiger partial charge is 0.101 e. The van der Waals surface area contributed by atoms with Crippen molar-refractivity contribution in [3.05, 3.63) is 12.2 Å². The van der Waals surface area contributed by atoms with Crippen LogP contribution in [0.3, 0.4) is 0 Å². The average Bonchev–Trinajstić information content (AvgIpc) is 2.80. The van der Waals surface area contributed by atoms with E-state index in [1.54, 1.807) is 0 Å². The SMILES string of the molecule is [2H]C1([2H])C2C(C=C[C@@H]3[C@H]1C3(Cl)Cl)C2(Cl)Cl. The maximum absolute atomic E-state index is 8.06. The third-order valence-electron chi connectivity index (χ3n) is 3.10. The number of hydrogen-bond donors (Lipinski definition) is 0. The fraction of sp³-hybridized carbons (Fsp3) is 0.778. The Kier molecular flexibility index (Phi) is 1.30. The van der Waals surface area contributed by atoms with Crippen LogP contribution in [0.1, 0.15) is 9.11 Å². The van der Waals surface area contributed by atoms with Gasteiger partial charge in [-0.2, -0.15) is 0 Å². The maximum Gasteiger partial charge on any atom is 0.128 e. The van der Waals surface area contributed by atoms with Crippen molar-refractivity contribution in [2.24, 2.45) is 23.7 Å². The van der Waals surface area contributed by atoms with Crippen molar-refractivity contribution in [1.29, 1.82) is 0 Å². The molecule has 2 fully saturated rings. The van der Waals surface area contributed by atoms with Crippen LogP contribution in [0.5, 0.6) is 0 Å². The molecule has 0 nitrogen and oxygen atoms in total. The van der Waals surface area contributed by atoms with E-state index in [1.807, 2.05) is 12.2 Å². The van der Waals surface area contributed by atoms with Crippen LogP contribution in [0.25, 0.3) is 0 Å². The van der Waals surface area contributed by atoms with E-state index in [9.17, 15) is 0 Å². The van der Waals surface area contributed by atoms with Crippen LogP contribution in [-0.4, -0.2) is 8.67 Å². The summed E-state index contributed by atoms with van der Waals surface area (Å²) < 4.78 is 14.1. The molecule has 2 saturated carbocycles. The van der Waals surface area contributed by atoms with E-state index in [0.717, 1.165) is 0 Å². The molecule has 0 saturated heterocycles. The standard InChI is InChI=1S/C9H8Cl4/c10-8(11)4-1-2-5-7(3-6(4)8)9(5,12)13/h1-2,4-7H,3H2/t4-,5?,6+,7?/m1/s1/i3D2. The Morgan fingerprint density at radius 1 is 1.00 bits per heavy atom. The monoisotopic (exact) mass is 258 g/mol. The first-order valence-corrected chi connectivity index (χ1v) is 5.67. The molecule has 0 heterocycles. The van der Waals surface area contributed by atoms with E-state index in [1.165, 1.54) is 0 Å². The molecule has 0 aliphatic heterocycles. The highest BCUT2D eigenvalue weighted by atomic mass is 35.5. The lowest BCUT2D eigenvalue weighted by atomic mass is 10.2. The highest BCUT2D eigenvalue weighted by molar-refractivity contribution is 6.52. The zero-order valence-corrected chi connectivity index (χ0v) is 9.50. The quantitative estimate of drug-likeness (QED) is 0.459. The minimum absolute atomic E-state index is 0.104. The number of fused-ring (bicyclic) bond motifs is 2. The summed E-state index contributed by atoms with van der Waals surface area (Å²) >= 11 is 24.1. The average molecular weight is 260 g/mol. The lowest BCUT2D eigenvalue weighted by Gasteiger charge is -1.98. The van der Waals surface area contributed by atoms with Crippen LogP contribution in [0.2, 0.25) is 0 Å². The molecule has 13 heavy (non-hydrogen) atoms. The second-order valence-corrected chi connectivity index (χ2v) is 6.80. The van der Waals surface area contributed by atoms with Gasteiger partial charge in [-0.25, -0.2) is 0 Å². The molecule has 72 valence electrons. The molecule has 3 rings (SSSR count). The van der Waals surface area contributed by atoms with Gasteiger partial charge in [-0.15, -0.1) is 46.4 Å². The number of hydrogen-bond acceptors (Lipinski definition) is 0. The number of rotatable bonds is 0. The summed E-state index contributed by atoms with van der Waals surface area (Å²) in [7, 11) is 0. The van der Waals surface area contributed by atoms with Gasteiger partial charge in [-0.3, -0.25) is 0 Å². The number of allylic oxidation sites excluding steroid dienone is 2. The topological polar surface area (TPSA) is 0 Å². The summed E-state index contributed by atoms with van der Waals surface area (Å²) in [6.45, 7) is 0. The molecule has 0 aromatic heterocycles. The van der Waals surface area contributed by atoms with Gasteiger partial charge in [0.15, 0.2) is 0 Å². The normalized spacial score (nSPS) is 59.4. The van der Waals surface area contributed by atoms with E-state index < -0.39 is 15.0 Å². The van der Waals surface area contributed by atoms with Gasteiger partial charge in [-0.1, -0.05) is 12.2 Å². The lowest BCUT2D eigenvalue weighted by Crippen LogP contribution is -1.96. The van der Waals surface area contributed by atoms with Crippen molar-refractivity contribution < 1.29 is 2.74 Å². The molecule has 2 unspecified atom stereocenters. The first kappa shape index (κ1) is 7.22. The van der Waals surface area contributed by atoms with Crippen LogP contribution < -0.4 is 0 Å². The third kappa shape index (κ3) is 1.07. The molecule has 4 atom stereocenters. The Bertz CT molecular complexity index is 331. The summed E-state index contributed by atoms with van der Waals surface area (Å²) in [6.07, 6.45) is 2.23. The van der Waals surface area contributed by atoms with Gasteiger partial charge >= 0.3 is 0 Å². The molecule has 0 amide bonds.